The lowest BCUT2D eigenvalue weighted by molar-refractivity contribution is 0.0856. The summed E-state index contributed by atoms with van der Waals surface area (Å²) in [5, 5.41) is 5.92. The number of halogens is 1. The zero-order chi connectivity index (χ0) is 22.5. The fourth-order valence-electron chi connectivity index (χ4n) is 3.53. The molecule has 1 fully saturated rings. The van der Waals surface area contributed by atoms with Gasteiger partial charge < -0.3 is 15.4 Å². The van der Waals surface area contributed by atoms with Gasteiger partial charge in [-0.15, -0.1) is 0 Å². The number of benzene rings is 2. The summed E-state index contributed by atoms with van der Waals surface area (Å²) in [6, 6.07) is 16.7. The number of aromatic nitrogens is 1. The average Bonchev–Trinajstić information content (AvgIpc) is 3.32. The molecule has 32 heavy (non-hydrogen) atoms. The molecule has 1 atom stereocenters. The molecule has 1 aromatic heterocycles. The number of nitrogens with one attached hydrogen (secondary N) is 2. The topological polar surface area (TPSA) is 89.4 Å². The van der Waals surface area contributed by atoms with Crippen molar-refractivity contribution < 1.29 is 14.3 Å². The molecule has 0 spiro atoms. The van der Waals surface area contributed by atoms with Crippen molar-refractivity contribution in [3.63, 3.8) is 0 Å². The van der Waals surface area contributed by atoms with Crippen molar-refractivity contribution in [2.45, 2.75) is 18.9 Å². The van der Waals surface area contributed by atoms with Gasteiger partial charge in [-0.05, 0) is 61.4 Å². The van der Waals surface area contributed by atoms with Gasteiger partial charge in [0, 0.05) is 30.7 Å². The van der Waals surface area contributed by atoms with Crippen LogP contribution >= 0.6 is 11.6 Å². The Bertz CT molecular complexity index is 1180. The van der Waals surface area contributed by atoms with Gasteiger partial charge in [-0.2, -0.15) is 0 Å². The zero-order valence-electron chi connectivity index (χ0n) is 17.2. The summed E-state index contributed by atoms with van der Waals surface area (Å²) in [6.07, 6.45) is 3.47. The number of carbonyl (C=O) groups excluding carboxylic acids is 2. The monoisotopic (exact) mass is 451 g/mol. The Balaban J connectivity index is 1.47. The molecule has 2 N–H and O–H groups in total. The van der Waals surface area contributed by atoms with Crippen LogP contribution in [0.1, 0.15) is 33.6 Å². The highest BCUT2D eigenvalue weighted by molar-refractivity contribution is 6.34. The lowest BCUT2D eigenvalue weighted by Gasteiger charge is -2.12. The Kier molecular flexibility index (Phi) is 6.68. The number of pyridine rings is 1. The van der Waals surface area contributed by atoms with E-state index in [1.807, 2.05) is 0 Å². The molecule has 2 aromatic carbocycles. The number of amides is 2. The van der Waals surface area contributed by atoms with Gasteiger partial charge >= 0.3 is 0 Å². The molecule has 0 saturated carbocycles. The number of ether oxygens (including phenoxy) is 1. The number of nitrogens with zero attached hydrogens (tertiary/aromatic N) is 1. The van der Waals surface area contributed by atoms with Gasteiger partial charge in [0.15, 0.2) is 0 Å². The largest absolute Gasteiger partial charge is 0.376 e. The van der Waals surface area contributed by atoms with Gasteiger partial charge in [0.1, 0.15) is 5.56 Å². The van der Waals surface area contributed by atoms with Crippen molar-refractivity contribution in [2.24, 2.45) is 0 Å². The lowest BCUT2D eigenvalue weighted by Crippen LogP contribution is -2.36. The van der Waals surface area contributed by atoms with E-state index >= 15 is 0 Å². The second-order valence-electron chi connectivity index (χ2n) is 7.42. The molecule has 7 nitrogen and oxygen atoms in total. The first kappa shape index (κ1) is 21.8. The van der Waals surface area contributed by atoms with Crippen molar-refractivity contribution in [3.05, 3.63) is 93.4 Å². The first-order chi connectivity index (χ1) is 15.5. The quantitative estimate of drug-likeness (QED) is 0.598. The van der Waals surface area contributed by atoms with Gasteiger partial charge in [-0.1, -0.05) is 23.7 Å². The summed E-state index contributed by atoms with van der Waals surface area (Å²) in [6.45, 7) is 1.08. The van der Waals surface area contributed by atoms with E-state index < -0.39 is 11.5 Å². The molecular weight excluding hydrogens is 430 g/mol. The van der Waals surface area contributed by atoms with Gasteiger partial charge in [0.2, 0.25) is 0 Å². The standard InChI is InChI=1S/C24H22ClN3O4/c25-21-8-2-1-6-19(21)23(30)27-16-9-11-17(12-10-16)28-13-3-7-20(24(28)31)22(29)26-15-18-5-4-14-32-18/h1-3,6-13,18H,4-5,14-15H2,(H,26,29)(H,27,30)/t18-/m1/s1. The highest BCUT2D eigenvalue weighted by Gasteiger charge is 2.18. The minimum atomic E-state index is -0.427. The van der Waals surface area contributed by atoms with E-state index in [2.05, 4.69) is 10.6 Å². The average molecular weight is 452 g/mol. The Morgan fingerprint density at radius 3 is 2.47 bits per heavy atom. The van der Waals surface area contributed by atoms with Crippen molar-refractivity contribution >= 4 is 29.1 Å². The maximum absolute atomic E-state index is 12.9. The van der Waals surface area contributed by atoms with E-state index in [4.69, 9.17) is 16.3 Å². The van der Waals surface area contributed by atoms with Crippen molar-refractivity contribution in [1.82, 2.24) is 9.88 Å². The predicted octanol–water partition coefficient (Wildman–Crippen LogP) is 3.65. The maximum atomic E-state index is 12.9. The van der Waals surface area contributed by atoms with Crippen LogP contribution in [-0.4, -0.2) is 35.6 Å². The van der Waals surface area contributed by atoms with E-state index in [0.717, 1.165) is 12.8 Å². The fraction of sp³-hybridized carbons (Fsp3) is 0.208. The molecule has 0 aliphatic carbocycles. The Morgan fingerprint density at radius 1 is 1.00 bits per heavy atom. The summed E-state index contributed by atoms with van der Waals surface area (Å²) in [5.74, 6) is -0.756. The molecule has 0 radical (unpaired) electrons. The first-order valence-electron chi connectivity index (χ1n) is 10.3. The molecule has 0 bridgehead atoms. The number of carbonyl (C=O) groups is 2. The summed E-state index contributed by atoms with van der Waals surface area (Å²) in [4.78, 5) is 37.8. The molecule has 2 heterocycles. The van der Waals surface area contributed by atoms with Crippen LogP contribution in [0, 0.1) is 0 Å². The molecule has 0 unspecified atom stereocenters. The minimum absolute atomic E-state index is 0.00147. The zero-order valence-corrected chi connectivity index (χ0v) is 18.0. The molecule has 4 rings (SSSR count). The van der Waals surface area contributed by atoms with Gasteiger partial charge in [0.05, 0.1) is 16.7 Å². The Hall–Kier alpha value is -3.42. The lowest BCUT2D eigenvalue weighted by atomic mass is 10.2. The molecule has 1 saturated heterocycles. The predicted molar refractivity (Wildman–Crippen MR) is 123 cm³/mol. The van der Waals surface area contributed by atoms with E-state index in [-0.39, 0.29) is 17.6 Å². The molecule has 164 valence electrons. The van der Waals surface area contributed by atoms with Crippen molar-refractivity contribution in [1.29, 1.82) is 0 Å². The Labute approximate surface area is 190 Å². The SMILES string of the molecule is O=C(Nc1ccc(-n2cccc(C(=O)NC[C@H]3CCCO3)c2=O)cc1)c1ccccc1Cl. The minimum Gasteiger partial charge on any atom is -0.376 e. The number of hydrogen-bond donors (Lipinski definition) is 2. The van der Waals surface area contributed by atoms with Crippen LogP contribution in [0.2, 0.25) is 5.02 Å². The molecule has 3 aromatic rings. The van der Waals surface area contributed by atoms with Crippen LogP contribution in [-0.2, 0) is 4.74 Å². The second kappa shape index (κ2) is 9.80. The normalized spacial score (nSPS) is 15.3. The van der Waals surface area contributed by atoms with Crippen LogP contribution in [0.3, 0.4) is 0 Å². The van der Waals surface area contributed by atoms with Gasteiger partial charge in [-0.25, -0.2) is 0 Å². The van der Waals surface area contributed by atoms with Gasteiger partial charge in [0.25, 0.3) is 17.4 Å². The van der Waals surface area contributed by atoms with Crippen LogP contribution in [0.15, 0.2) is 71.7 Å². The third-order valence-electron chi connectivity index (χ3n) is 5.23. The van der Waals surface area contributed by atoms with E-state index in [9.17, 15) is 14.4 Å². The van der Waals surface area contributed by atoms with Crippen LogP contribution in [0.5, 0.6) is 0 Å². The third kappa shape index (κ3) is 4.90. The van der Waals surface area contributed by atoms with E-state index in [1.54, 1.807) is 60.8 Å². The number of anilines is 1. The Morgan fingerprint density at radius 2 is 1.75 bits per heavy atom. The molecular formula is C24H22ClN3O4. The van der Waals surface area contributed by atoms with Crippen LogP contribution in [0.4, 0.5) is 5.69 Å². The second-order valence-corrected chi connectivity index (χ2v) is 7.83. The number of hydrogen-bond acceptors (Lipinski definition) is 4. The fourth-order valence-corrected chi connectivity index (χ4v) is 3.75. The number of rotatable bonds is 6. The van der Waals surface area contributed by atoms with Crippen LogP contribution < -0.4 is 16.2 Å². The highest BCUT2D eigenvalue weighted by Crippen LogP contribution is 2.18. The molecule has 8 heteroatoms. The summed E-state index contributed by atoms with van der Waals surface area (Å²) >= 11 is 6.07. The molecule has 2 amide bonds. The summed E-state index contributed by atoms with van der Waals surface area (Å²) < 4.78 is 6.89. The molecule has 1 aliphatic rings. The summed E-state index contributed by atoms with van der Waals surface area (Å²) in [5.41, 5.74) is 1.12. The van der Waals surface area contributed by atoms with Crippen molar-refractivity contribution in [2.75, 3.05) is 18.5 Å². The summed E-state index contributed by atoms with van der Waals surface area (Å²) in [7, 11) is 0. The highest BCUT2D eigenvalue weighted by atomic mass is 35.5. The van der Waals surface area contributed by atoms with Gasteiger partial charge in [-0.3, -0.25) is 19.0 Å². The van der Waals surface area contributed by atoms with E-state index in [1.165, 1.54) is 10.6 Å². The van der Waals surface area contributed by atoms with Crippen molar-refractivity contribution in [3.8, 4) is 5.69 Å². The van der Waals surface area contributed by atoms with Crippen LogP contribution in [0.25, 0.3) is 5.69 Å². The first-order valence-corrected chi connectivity index (χ1v) is 10.7. The smallest absolute Gasteiger partial charge is 0.267 e. The van der Waals surface area contributed by atoms with E-state index in [0.29, 0.717) is 35.1 Å². The third-order valence-corrected chi connectivity index (χ3v) is 5.56. The molecule has 1 aliphatic heterocycles. The maximum Gasteiger partial charge on any atom is 0.267 e.